The number of carbonyl (C=O) groups excluding carboxylic acids is 1. The number of carbonyl (C=O) groups is 1. The number of benzene rings is 2. The molecule has 148 valence electrons. The van der Waals surface area contributed by atoms with Crippen LogP contribution in [0.4, 0.5) is 8.78 Å². The molecule has 0 aliphatic heterocycles. The fourth-order valence-corrected chi connectivity index (χ4v) is 3.01. The van der Waals surface area contributed by atoms with Gasteiger partial charge in [0.25, 0.3) is 5.56 Å². The van der Waals surface area contributed by atoms with Gasteiger partial charge >= 0.3 is 0 Å². The first-order valence-electron chi connectivity index (χ1n) is 8.42. The molecule has 0 aliphatic rings. The first kappa shape index (κ1) is 21.7. The normalized spacial score (nSPS) is 11.9. The Bertz CT molecular complexity index is 1050. The minimum atomic E-state index is -0.977. The molecule has 0 radical (unpaired) electrons. The van der Waals surface area contributed by atoms with Crippen LogP contribution >= 0.6 is 12.4 Å². The highest BCUT2D eigenvalue weighted by molar-refractivity contribution is 6.16. The Kier molecular flexibility index (Phi) is 7.01. The van der Waals surface area contributed by atoms with Crippen LogP contribution in [0.5, 0.6) is 0 Å². The number of aromatic nitrogens is 1. The van der Waals surface area contributed by atoms with Gasteiger partial charge in [-0.25, -0.2) is 8.78 Å². The second kappa shape index (κ2) is 9.05. The Labute approximate surface area is 165 Å². The lowest BCUT2D eigenvalue weighted by molar-refractivity contribution is 0.103. The van der Waals surface area contributed by atoms with Crippen LogP contribution < -0.4 is 10.9 Å². The van der Waals surface area contributed by atoms with Crippen molar-refractivity contribution in [2.75, 3.05) is 13.2 Å². The maximum atomic E-state index is 14.6. The summed E-state index contributed by atoms with van der Waals surface area (Å²) < 4.78 is 29.2. The summed E-state index contributed by atoms with van der Waals surface area (Å²) in [7, 11) is 0. The third kappa shape index (κ3) is 4.11. The van der Waals surface area contributed by atoms with Gasteiger partial charge in [0, 0.05) is 29.7 Å². The highest BCUT2D eigenvalue weighted by Gasteiger charge is 2.23. The van der Waals surface area contributed by atoms with Gasteiger partial charge in [-0.1, -0.05) is 12.1 Å². The van der Waals surface area contributed by atoms with E-state index in [2.05, 4.69) is 10.3 Å². The molecule has 0 spiro atoms. The number of aliphatic hydroxyl groups excluding tert-OH is 1. The fraction of sp³-hybridized carbons (Fsp3) is 0.200. The van der Waals surface area contributed by atoms with Gasteiger partial charge in [0.2, 0.25) is 0 Å². The van der Waals surface area contributed by atoms with E-state index in [1.807, 2.05) is 0 Å². The molecule has 2 aromatic carbocycles. The maximum Gasteiger partial charge on any atom is 0.255 e. The van der Waals surface area contributed by atoms with E-state index in [0.717, 1.165) is 12.1 Å². The van der Waals surface area contributed by atoms with Crippen molar-refractivity contribution in [1.29, 1.82) is 0 Å². The Hall–Kier alpha value is -2.61. The molecule has 8 heteroatoms. The van der Waals surface area contributed by atoms with Gasteiger partial charge in [-0.3, -0.25) is 9.59 Å². The molecule has 28 heavy (non-hydrogen) atoms. The molecule has 0 fully saturated rings. The molecule has 5 nitrogen and oxygen atoms in total. The van der Waals surface area contributed by atoms with Crippen molar-refractivity contribution in [3.8, 4) is 0 Å². The van der Waals surface area contributed by atoms with Crippen LogP contribution in [0.1, 0.15) is 34.5 Å². The molecular weight excluding hydrogens is 390 g/mol. The van der Waals surface area contributed by atoms with E-state index < -0.39 is 29.0 Å². The molecule has 1 aromatic heterocycles. The summed E-state index contributed by atoms with van der Waals surface area (Å²) in [6.45, 7) is 1.87. The van der Waals surface area contributed by atoms with Crippen molar-refractivity contribution in [2.24, 2.45) is 0 Å². The summed E-state index contributed by atoms with van der Waals surface area (Å²) in [4.78, 5) is 27.2. The van der Waals surface area contributed by atoms with Crippen LogP contribution in [-0.4, -0.2) is 29.0 Å². The lowest BCUT2D eigenvalue weighted by Gasteiger charge is -2.15. The summed E-state index contributed by atoms with van der Waals surface area (Å²) in [5, 5.41) is 12.3. The average molecular weight is 409 g/mol. The Morgan fingerprint density at radius 3 is 2.50 bits per heavy atom. The summed E-state index contributed by atoms with van der Waals surface area (Å²) in [5.41, 5.74) is -0.678. The number of aromatic amines is 1. The standard InChI is InChI=1S/C20H18F2N2O3.ClH/c1-11(23-7-8-25)12-9-16(21)18(17(22)10-12)19(26)14-3-2-4-15-13(14)5-6-24-20(15)27;/h2-6,9-11,23,25H,7-8H2,1H3,(H,24,27);1H. The van der Waals surface area contributed by atoms with E-state index in [0.29, 0.717) is 10.9 Å². The topological polar surface area (TPSA) is 82.2 Å². The zero-order chi connectivity index (χ0) is 19.6. The summed E-state index contributed by atoms with van der Waals surface area (Å²) >= 11 is 0. The SMILES string of the molecule is CC(NCCO)c1cc(F)c(C(=O)c2cccc3c(=O)[nH]ccc23)c(F)c1.Cl. The van der Waals surface area contributed by atoms with Gasteiger partial charge in [-0.2, -0.15) is 0 Å². The van der Waals surface area contributed by atoms with E-state index in [1.54, 1.807) is 6.92 Å². The molecule has 3 N–H and O–H groups in total. The third-order valence-electron chi connectivity index (χ3n) is 4.41. The van der Waals surface area contributed by atoms with Crippen LogP contribution in [0.2, 0.25) is 0 Å². The summed E-state index contributed by atoms with van der Waals surface area (Å²) in [5.74, 6) is -2.78. The van der Waals surface area contributed by atoms with E-state index >= 15 is 0 Å². The van der Waals surface area contributed by atoms with E-state index in [-0.39, 0.29) is 42.1 Å². The number of hydrogen-bond acceptors (Lipinski definition) is 4. The smallest absolute Gasteiger partial charge is 0.255 e. The summed E-state index contributed by atoms with van der Waals surface area (Å²) in [6, 6.07) is 7.79. The summed E-state index contributed by atoms with van der Waals surface area (Å²) in [6.07, 6.45) is 1.38. The zero-order valence-corrected chi connectivity index (χ0v) is 15.8. The monoisotopic (exact) mass is 408 g/mol. The third-order valence-corrected chi connectivity index (χ3v) is 4.41. The number of nitrogens with one attached hydrogen (secondary N) is 2. The lowest BCUT2D eigenvalue weighted by atomic mass is 9.95. The zero-order valence-electron chi connectivity index (χ0n) is 15.0. The van der Waals surface area contributed by atoms with E-state index in [9.17, 15) is 18.4 Å². The van der Waals surface area contributed by atoms with Crippen molar-refractivity contribution in [3.05, 3.63) is 81.3 Å². The molecule has 3 aromatic rings. The Morgan fingerprint density at radius 2 is 1.86 bits per heavy atom. The van der Waals surface area contributed by atoms with Gasteiger partial charge < -0.3 is 15.4 Å². The van der Waals surface area contributed by atoms with Crippen molar-refractivity contribution in [3.63, 3.8) is 0 Å². The van der Waals surface area contributed by atoms with Crippen LogP contribution in [0.3, 0.4) is 0 Å². The predicted octanol–water partition coefficient (Wildman–Crippen LogP) is 3.10. The van der Waals surface area contributed by atoms with Crippen LogP contribution in [0, 0.1) is 11.6 Å². The second-order valence-corrected chi connectivity index (χ2v) is 6.16. The molecule has 0 bridgehead atoms. The minimum absolute atomic E-state index is 0. The average Bonchev–Trinajstić information content (AvgIpc) is 2.65. The van der Waals surface area contributed by atoms with Crippen molar-refractivity contribution in [2.45, 2.75) is 13.0 Å². The molecular formula is C20H19ClF2N2O3. The number of aliphatic hydroxyl groups is 1. The minimum Gasteiger partial charge on any atom is -0.395 e. The molecule has 0 saturated heterocycles. The Morgan fingerprint density at radius 1 is 1.18 bits per heavy atom. The van der Waals surface area contributed by atoms with Gasteiger partial charge in [-0.05, 0) is 42.1 Å². The number of pyridine rings is 1. The maximum absolute atomic E-state index is 14.6. The quantitative estimate of drug-likeness (QED) is 0.547. The molecule has 1 atom stereocenters. The van der Waals surface area contributed by atoms with Crippen molar-refractivity contribution in [1.82, 2.24) is 10.3 Å². The molecule has 0 saturated carbocycles. The van der Waals surface area contributed by atoms with Gasteiger partial charge in [0.15, 0.2) is 5.78 Å². The van der Waals surface area contributed by atoms with Crippen LogP contribution in [0.25, 0.3) is 10.8 Å². The Balaban J connectivity index is 0.00000280. The van der Waals surface area contributed by atoms with Gasteiger partial charge in [0.05, 0.1) is 12.2 Å². The second-order valence-electron chi connectivity index (χ2n) is 6.16. The molecule has 1 heterocycles. The molecule has 0 amide bonds. The van der Waals surface area contributed by atoms with Crippen molar-refractivity contribution < 1.29 is 18.7 Å². The van der Waals surface area contributed by atoms with E-state index in [1.165, 1.54) is 30.5 Å². The largest absolute Gasteiger partial charge is 0.395 e. The number of rotatable bonds is 6. The highest BCUT2D eigenvalue weighted by Crippen LogP contribution is 2.25. The van der Waals surface area contributed by atoms with Crippen LogP contribution in [-0.2, 0) is 0 Å². The van der Waals surface area contributed by atoms with Crippen LogP contribution in [0.15, 0.2) is 47.4 Å². The number of fused-ring (bicyclic) bond motifs is 1. The first-order valence-corrected chi connectivity index (χ1v) is 8.42. The predicted molar refractivity (Wildman–Crippen MR) is 105 cm³/mol. The number of ketones is 1. The van der Waals surface area contributed by atoms with E-state index in [4.69, 9.17) is 5.11 Å². The lowest BCUT2D eigenvalue weighted by Crippen LogP contribution is -2.22. The van der Waals surface area contributed by atoms with Gasteiger partial charge in [-0.15, -0.1) is 12.4 Å². The molecule has 0 aliphatic carbocycles. The number of hydrogen-bond donors (Lipinski definition) is 3. The number of H-pyrrole nitrogens is 1. The highest BCUT2D eigenvalue weighted by atomic mass is 35.5. The molecule has 3 rings (SSSR count). The fourth-order valence-electron chi connectivity index (χ4n) is 3.01. The molecule has 1 unspecified atom stereocenters. The number of halogens is 3. The van der Waals surface area contributed by atoms with Gasteiger partial charge in [0.1, 0.15) is 11.6 Å². The van der Waals surface area contributed by atoms with Crippen molar-refractivity contribution >= 4 is 29.0 Å². The first-order chi connectivity index (χ1) is 12.9.